The summed E-state index contributed by atoms with van der Waals surface area (Å²) >= 11 is 0. The van der Waals surface area contributed by atoms with Gasteiger partial charge in [-0.15, -0.1) is 0 Å². The van der Waals surface area contributed by atoms with Crippen LogP contribution in [0.15, 0.2) is 12.2 Å². The van der Waals surface area contributed by atoms with E-state index in [1.54, 1.807) is 6.08 Å². The molecule has 0 aromatic heterocycles. The molecule has 52 heavy (non-hydrogen) atoms. The zero-order valence-electron chi connectivity index (χ0n) is 33.8. The number of hydrogen-bond acceptors (Lipinski definition) is 8. The predicted molar refractivity (Wildman–Crippen MR) is 212 cm³/mol. The molecule has 1 fully saturated rings. The fourth-order valence-electron chi connectivity index (χ4n) is 7.43. The van der Waals surface area contributed by atoms with E-state index in [1.807, 2.05) is 6.08 Å². The zero-order chi connectivity index (χ0) is 38.2. The summed E-state index contributed by atoms with van der Waals surface area (Å²) in [4.78, 5) is 24.2. The molecule has 1 aliphatic rings. The lowest BCUT2D eigenvalue weighted by Crippen LogP contribution is -2.25. The average Bonchev–Trinajstić information content (AvgIpc) is 3.38. The summed E-state index contributed by atoms with van der Waals surface area (Å²) in [6.07, 6.45) is 30.5. The van der Waals surface area contributed by atoms with Crippen LogP contribution < -0.4 is 0 Å². The minimum atomic E-state index is -1.03. The number of hydrogen-bond donors (Lipinski definition) is 4. The fraction of sp³-hybridized carbons (Fsp3) is 0.909. The molecular weight excluding hydrogens is 656 g/mol. The van der Waals surface area contributed by atoms with Crippen molar-refractivity contribution in [3.8, 4) is 0 Å². The van der Waals surface area contributed by atoms with E-state index in [2.05, 4.69) is 20.8 Å². The van der Waals surface area contributed by atoms with Crippen molar-refractivity contribution >= 4 is 11.9 Å². The van der Waals surface area contributed by atoms with E-state index >= 15 is 0 Å². The molecule has 1 saturated carbocycles. The number of aliphatic hydroxyl groups excluding tert-OH is 4. The monoisotopic (exact) mass is 739 g/mol. The Kier molecular flexibility index (Phi) is 30.7. The first-order chi connectivity index (χ1) is 25.1. The van der Waals surface area contributed by atoms with E-state index in [0.29, 0.717) is 25.7 Å². The minimum Gasteiger partial charge on any atom is -0.463 e. The summed E-state index contributed by atoms with van der Waals surface area (Å²) in [6, 6.07) is 0. The highest BCUT2D eigenvalue weighted by molar-refractivity contribution is 5.69. The van der Waals surface area contributed by atoms with Gasteiger partial charge >= 0.3 is 11.9 Å². The second-order valence-electron chi connectivity index (χ2n) is 16.3. The molecule has 1 aliphatic carbocycles. The third-order valence-corrected chi connectivity index (χ3v) is 10.8. The van der Waals surface area contributed by atoms with Crippen molar-refractivity contribution in [1.29, 1.82) is 0 Å². The van der Waals surface area contributed by atoms with E-state index in [9.17, 15) is 30.0 Å². The van der Waals surface area contributed by atoms with Crippen molar-refractivity contribution in [3.63, 3.8) is 0 Å². The van der Waals surface area contributed by atoms with Gasteiger partial charge < -0.3 is 29.9 Å². The van der Waals surface area contributed by atoms with Gasteiger partial charge in [-0.2, -0.15) is 0 Å². The van der Waals surface area contributed by atoms with Gasteiger partial charge in [-0.25, -0.2) is 0 Å². The summed E-state index contributed by atoms with van der Waals surface area (Å²) in [5.74, 6) is -0.0250. The van der Waals surface area contributed by atoms with Crippen LogP contribution in [0.1, 0.15) is 201 Å². The fourth-order valence-corrected chi connectivity index (χ4v) is 7.43. The van der Waals surface area contributed by atoms with Crippen LogP contribution in [0.3, 0.4) is 0 Å². The summed E-state index contributed by atoms with van der Waals surface area (Å²) in [6.45, 7) is 6.40. The molecule has 0 spiro atoms. The van der Waals surface area contributed by atoms with Gasteiger partial charge in [0.2, 0.25) is 0 Å². The van der Waals surface area contributed by atoms with Gasteiger partial charge in [0.25, 0.3) is 0 Å². The van der Waals surface area contributed by atoms with Crippen molar-refractivity contribution in [2.24, 2.45) is 17.8 Å². The minimum absolute atomic E-state index is 0.0297. The van der Waals surface area contributed by atoms with Gasteiger partial charge in [0.1, 0.15) is 19.3 Å². The molecule has 0 aliphatic heterocycles. The summed E-state index contributed by atoms with van der Waals surface area (Å²) in [7, 11) is 0. The van der Waals surface area contributed by atoms with Gasteiger partial charge in [0, 0.05) is 25.2 Å². The zero-order valence-corrected chi connectivity index (χ0v) is 33.8. The largest absolute Gasteiger partial charge is 0.463 e. The Hall–Kier alpha value is -1.48. The van der Waals surface area contributed by atoms with Crippen LogP contribution >= 0.6 is 0 Å². The van der Waals surface area contributed by atoms with Crippen molar-refractivity contribution in [2.45, 2.75) is 225 Å². The van der Waals surface area contributed by atoms with Crippen LogP contribution in [0, 0.1) is 17.8 Å². The Morgan fingerprint density at radius 2 is 1.06 bits per heavy atom. The van der Waals surface area contributed by atoms with Crippen molar-refractivity contribution in [2.75, 3.05) is 13.2 Å². The van der Waals surface area contributed by atoms with Crippen LogP contribution in [0.25, 0.3) is 0 Å². The first kappa shape index (κ1) is 48.5. The molecule has 0 amide bonds. The number of carbonyl (C=O) groups is 2. The third-order valence-electron chi connectivity index (χ3n) is 10.8. The van der Waals surface area contributed by atoms with Crippen molar-refractivity contribution in [3.05, 3.63) is 12.2 Å². The highest BCUT2D eigenvalue weighted by Crippen LogP contribution is 2.37. The Labute approximate surface area is 318 Å². The molecule has 6 atom stereocenters. The molecule has 0 heterocycles. The Bertz CT molecular complexity index is 876. The second kappa shape index (κ2) is 32.9. The predicted octanol–water partition coefficient (Wildman–Crippen LogP) is 9.92. The average molecular weight is 739 g/mol. The maximum absolute atomic E-state index is 12.1. The van der Waals surface area contributed by atoms with E-state index in [0.717, 1.165) is 70.1 Å². The van der Waals surface area contributed by atoms with Crippen LogP contribution in [0.5, 0.6) is 0 Å². The molecule has 8 nitrogen and oxygen atoms in total. The second-order valence-corrected chi connectivity index (χ2v) is 16.3. The summed E-state index contributed by atoms with van der Waals surface area (Å²) in [5, 5.41) is 41.2. The smallest absolute Gasteiger partial charge is 0.305 e. The lowest BCUT2D eigenvalue weighted by atomic mass is 9.88. The topological polar surface area (TPSA) is 134 Å². The van der Waals surface area contributed by atoms with E-state index < -0.39 is 24.4 Å². The Morgan fingerprint density at radius 3 is 1.54 bits per heavy atom. The number of esters is 2. The van der Waals surface area contributed by atoms with Crippen LogP contribution in [0.2, 0.25) is 0 Å². The molecule has 0 radical (unpaired) electrons. The van der Waals surface area contributed by atoms with E-state index in [-0.39, 0.29) is 43.4 Å². The maximum Gasteiger partial charge on any atom is 0.305 e. The molecule has 0 saturated heterocycles. The van der Waals surface area contributed by atoms with Gasteiger partial charge in [-0.1, -0.05) is 168 Å². The molecule has 0 aromatic carbocycles. The number of unbranched alkanes of at least 4 members (excludes halogenated alkanes) is 19. The highest BCUT2D eigenvalue weighted by atomic mass is 16.6. The molecule has 306 valence electrons. The van der Waals surface area contributed by atoms with Gasteiger partial charge in [0.05, 0.1) is 18.3 Å². The molecular formula is C44H82O8. The summed E-state index contributed by atoms with van der Waals surface area (Å²) in [5.41, 5.74) is 0. The highest BCUT2D eigenvalue weighted by Gasteiger charge is 2.39. The van der Waals surface area contributed by atoms with Crippen LogP contribution in [0.4, 0.5) is 0 Å². The first-order valence-electron chi connectivity index (χ1n) is 21.9. The van der Waals surface area contributed by atoms with E-state index in [1.165, 1.54) is 83.5 Å². The Balaban J connectivity index is 1.96. The van der Waals surface area contributed by atoms with Crippen molar-refractivity contribution < 1.29 is 39.5 Å². The lowest BCUT2D eigenvalue weighted by molar-refractivity contribution is -0.152. The number of carbonyl (C=O) groups excluding carboxylic acids is 2. The number of ether oxygens (including phenoxy) is 2. The van der Waals surface area contributed by atoms with Crippen LogP contribution in [-0.4, -0.2) is 70.0 Å². The SMILES string of the molecule is CCCCC[C@H](O)/C=C/[C@@H]1[C@@H](CCCCCCC(=O)OC[C@H](O)COC(=O)CCCCCCCCCCCCCCCCCC(C)C)[C@@H](O)C[C@H]1O. The first-order valence-corrected chi connectivity index (χ1v) is 21.9. The molecule has 0 bridgehead atoms. The molecule has 4 N–H and O–H groups in total. The quantitative estimate of drug-likeness (QED) is 0.0287. The lowest BCUT2D eigenvalue weighted by Gasteiger charge is -2.21. The Morgan fingerprint density at radius 1 is 0.615 bits per heavy atom. The van der Waals surface area contributed by atoms with Crippen LogP contribution in [-0.2, 0) is 19.1 Å². The van der Waals surface area contributed by atoms with E-state index in [4.69, 9.17) is 9.47 Å². The van der Waals surface area contributed by atoms with Gasteiger partial charge in [-0.05, 0) is 37.5 Å². The molecule has 1 rings (SSSR count). The standard InChI is InChI=1S/C44H82O8/c1-4-5-21-27-37(45)31-32-40-39(41(47)33-42(40)48)28-23-19-20-25-30-44(50)52-35-38(46)34-51-43(49)29-24-18-16-14-12-10-8-6-7-9-11-13-15-17-22-26-36(2)3/h31-32,36-42,45-48H,4-30,33-35H2,1-3H3/b32-31+/t37-,38+,39+,40+,41-,42+/m0/s1. The number of rotatable bonds is 35. The molecule has 8 heteroatoms. The van der Waals surface area contributed by atoms with Crippen molar-refractivity contribution in [1.82, 2.24) is 0 Å². The normalized spacial score (nSPS) is 20.2. The number of aliphatic hydroxyl groups is 4. The summed E-state index contributed by atoms with van der Waals surface area (Å²) < 4.78 is 10.3. The maximum atomic E-state index is 12.1. The van der Waals surface area contributed by atoms with Gasteiger partial charge in [0.15, 0.2) is 0 Å². The third kappa shape index (κ3) is 27.2. The molecule has 0 aromatic rings. The molecule has 0 unspecified atom stereocenters. The van der Waals surface area contributed by atoms with Gasteiger partial charge in [-0.3, -0.25) is 9.59 Å².